The Bertz CT molecular complexity index is 1010. The molecule has 0 saturated carbocycles. The number of amides is 2. The van der Waals surface area contributed by atoms with E-state index in [2.05, 4.69) is 36.2 Å². The molecule has 164 valence electrons. The van der Waals surface area contributed by atoms with Gasteiger partial charge in [0, 0.05) is 43.3 Å². The minimum Gasteiger partial charge on any atom is -0.368 e. The number of anilines is 1. The van der Waals surface area contributed by atoms with Gasteiger partial charge in [0.05, 0.1) is 24.8 Å². The van der Waals surface area contributed by atoms with Crippen LogP contribution in [0.25, 0.3) is 11.3 Å². The fourth-order valence-corrected chi connectivity index (χ4v) is 2.83. The van der Waals surface area contributed by atoms with Gasteiger partial charge >= 0.3 is 0 Å². The summed E-state index contributed by atoms with van der Waals surface area (Å²) in [5.74, 6) is -1.30. The van der Waals surface area contributed by atoms with Crippen molar-refractivity contribution in [2.75, 3.05) is 25.0 Å². The van der Waals surface area contributed by atoms with Crippen LogP contribution in [0, 0.1) is 5.82 Å². The molecule has 0 bridgehead atoms. The highest BCUT2D eigenvalue weighted by molar-refractivity contribution is 5.99. The third-order valence-electron chi connectivity index (χ3n) is 4.35. The predicted molar refractivity (Wildman–Crippen MR) is 111 cm³/mol. The van der Waals surface area contributed by atoms with Crippen molar-refractivity contribution < 1.29 is 14.0 Å². The zero-order chi connectivity index (χ0) is 22.2. The predicted octanol–water partition coefficient (Wildman–Crippen LogP) is 0.113. The van der Waals surface area contributed by atoms with E-state index in [9.17, 15) is 14.0 Å². The molecule has 0 aliphatic heterocycles. The van der Waals surface area contributed by atoms with Gasteiger partial charge < -0.3 is 21.7 Å². The molecule has 3 aromatic rings. The number of nitrogens with two attached hydrogens (primary N) is 1. The molecule has 0 aliphatic carbocycles. The second kappa shape index (κ2) is 10.3. The molecule has 3 rings (SSSR count). The summed E-state index contributed by atoms with van der Waals surface area (Å²) in [6, 6.07) is 2.58. The average molecular weight is 429 g/mol. The Hall–Kier alpha value is -3.80. The summed E-state index contributed by atoms with van der Waals surface area (Å²) >= 11 is 0. The van der Waals surface area contributed by atoms with E-state index in [-0.39, 0.29) is 42.1 Å². The van der Waals surface area contributed by atoms with Gasteiger partial charge in [-0.25, -0.2) is 9.37 Å². The van der Waals surface area contributed by atoms with E-state index in [0.29, 0.717) is 18.7 Å². The Morgan fingerprint density at radius 1 is 1.39 bits per heavy atom. The largest absolute Gasteiger partial charge is 0.368 e. The van der Waals surface area contributed by atoms with Crippen LogP contribution in [0.4, 0.5) is 10.2 Å². The van der Waals surface area contributed by atoms with Crippen LogP contribution in [0.5, 0.6) is 0 Å². The Kier molecular flexibility index (Phi) is 7.27. The molecule has 0 fully saturated rings. The van der Waals surface area contributed by atoms with Crippen LogP contribution >= 0.6 is 0 Å². The van der Waals surface area contributed by atoms with Crippen molar-refractivity contribution in [3.8, 4) is 11.3 Å². The Morgan fingerprint density at radius 3 is 2.90 bits per heavy atom. The SMILES string of the molecule is C[C@H](CNC(=O)c1cc(F)c(-c2cn[nH]c2)nc1NCCn1cccn1)NC(=O)CN. The quantitative estimate of drug-likeness (QED) is 0.306. The van der Waals surface area contributed by atoms with E-state index in [1.807, 2.05) is 0 Å². The van der Waals surface area contributed by atoms with Crippen LogP contribution in [0.3, 0.4) is 0 Å². The van der Waals surface area contributed by atoms with Crippen LogP contribution in [-0.4, -0.2) is 62.5 Å². The lowest BCUT2D eigenvalue weighted by atomic mass is 10.1. The number of nitrogens with zero attached hydrogens (tertiary/aromatic N) is 4. The van der Waals surface area contributed by atoms with E-state index < -0.39 is 11.7 Å². The third kappa shape index (κ3) is 5.85. The maximum atomic E-state index is 14.7. The van der Waals surface area contributed by atoms with Gasteiger partial charge in [-0.3, -0.25) is 19.4 Å². The zero-order valence-electron chi connectivity index (χ0n) is 16.9. The first kappa shape index (κ1) is 21.9. The fourth-order valence-electron chi connectivity index (χ4n) is 2.83. The smallest absolute Gasteiger partial charge is 0.255 e. The van der Waals surface area contributed by atoms with Crippen molar-refractivity contribution in [2.45, 2.75) is 19.5 Å². The molecule has 0 radical (unpaired) electrons. The maximum absolute atomic E-state index is 14.7. The monoisotopic (exact) mass is 429 g/mol. The first-order valence-corrected chi connectivity index (χ1v) is 9.66. The van der Waals surface area contributed by atoms with Gasteiger partial charge in [0.15, 0.2) is 5.82 Å². The second-order valence-corrected chi connectivity index (χ2v) is 6.78. The van der Waals surface area contributed by atoms with E-state index >= 15 is 0 Å². The van der Waals surface area contributed by atoms with Gasteiger partial charge in [-0.1, -0.05) is 0 Å². The molecule has 0 aliphatic rings. The number of pyridine rings is 1. The van der Waals surface area contributed by atoms with Crippen molar-refractivity contribution in [3.05, 3.63) is 48.3 Å². The summed E-state index contributed by atoms with van der Waals surface area (Å²) in [5, 5.41) is 18.9. The standard InChI is InChI=1S/C19H24FN9O2/c1-12(27-16(30)8-21)9-23-19(31)14-7-15(20)17(13-10-24-25-11-13)28-18(14)22-4-6-29-5-2-3-26-29/h2-3,5,7,10-12H,4,6,8-9,21H2,1H3,(H,22,28)(H,23,31)(H,24,25)(H,27,30)/t12-/m1/s1. The topological polar surface area (TPSA) is 156 Å². The first-order chi connectivity index (χ1) is 15.0. The molecule has 3 heterocycles. The molecule has 6 N–H and O–H groups in total. The lowest BCUT2D eigenvalue weighted by Crippen LogP contribution is -2.44. The molecule has 31 heavy (non-hydrogen) atoms. The first-order valence-electron chi connectivity index (χ1n) is 9.66. The number of hydrogen-bond donors (Lipinski definition) is 5. The van der Waals surface area contributed by atoms with Crippen molar-refractivity contribution >= 4 is 17.6 Å². The molecule has 2 amide bonds. The minimum atomic E-state index is -0.659. The number of nitrogens with one attached hydrogen (secondary N) is 4. The number of hydrogen-bond acceptors (Lipinski definition) is 7. The number of aromatic nitrogens is 5. The number of aromatic amines is 1. The second-order valence-electron chi connectivity index (χ2n) is 6.78. The van der Waals surface area contributed by atoms with Crippen molar-refractivity contribution in [2.24, 2.45) is 5.73 Å². The van der Waals surface area contributed by atoms with Crippen molar-refractivity contribution in [1.29, 1.82) is 0 Å². The van der Waals surface area contributed by atoms with Gasteiger partial charge in [-0.05, 0) is 19.1 Å². The third-order valence-corrected chi connectivity index (χ3v) is 4.35. The average Bonchev–Trinajstić information content (AvgIpc) is 3.47. The minimum absolute atomic E-state index is 0.0440. The maximum Gasteiger partial charge on any atom is 0.255 e. The number of halogens is 1. The van der Waals surface area contributed by atoms with Gasteiger partial charge in [-0.2, -0.15) is 10.2 Å². The summed E-state index contributed by atoms with van der Waals surface area (Å²) in [7, 11) is 0. The molecule has 1 atom stereocenters. The molecule has 0 saturated heterocycles. The molecule has 3 aromatic heterocycles. The summed E-state index contributed by atoms with van der Waals surface area (Å²) in [5.41, 5.74) is 5.83. The summed E-state index contributed by atoms with van der Waals surface area (Å²) < 4.78 is 16.4. The van der Waals surface area contributed by atoms with E-state index in [0.717, 1.165) is 6.07 Å². The van der Waals surface area contributed by atoms with Crippen LogP contribution in [-0.2, 0) is 11.3 Å². The highest BCUT2D eigenvalue weighted by Crippen LogP contribution is 2.24. The number of rotatable bonds is 10. The molecule has 0 unspecified atom stereocenters. The fraction of sp³-hybridized carbons (Fsp3) is 0.316. The highest BCUT2D eigenvalue weighted by atomic mass is 19.1. The van der Waals surface area contributed by atoms with Crippen LogP contribution < -0.4 is 21.7 Å². The van der Waals surface area contributed by atoms with Crippen LogP contribution in [0.2, 0.25) is 0 Å². The van der Waals surface area contributed by atoms with Gasteiger partial charge in [-0.15, -0.1) is 0 Å². The number of carbonyl (C=O) groups excluding carboxylic acids is 2. The van der Waals surface area contributed by atoms with Gasteiger partial charge in [0.1, 0.15) is 11.5 Å². The van der Waals surface area contributed by atoms with Gasteiger partial charge in [0.2, 0.25) is 5.91 Å². The lowest BCUT2D eigenvalue weighted by molar-refractivity contribution is -0.120. The van der Waals surface area contributed by atoms with E-state index in [1.54, 1.807) is 30.1 Å². The van der Waals surface area contributed by atoms with Crippen molar-refractivity contribution in [3.63, 3.8) is 0 Å². The van der Waals surface area contributed by atoms with Gasteiger partial charge in [0.25, 0.3) is 5.91 Å². The van der Waals surface area contributed by atoms with Crippen LogP contribution in [0.15, 0.2) is 36.9 Å². The Morgan fingerprint density at radius 2 is 2.23 bits per heavy atom. The summed E-state index contributed by atoms with van der Waals surface area (Å²) in [6.45, 7) is 2.65. The van der Waals surface area contributed by atoms with Crippen LogP contribution in [0.1, 0.15) is 17.3 Å². The zero-order valence-corrected chi connectivity index (χ0v) is 16.9. The molecule has 12 heteroatoms. The summed E-state index contributed by atoms with van der Waals surface area (Å²) in [4.78, 5) is 28.4. The molecular weight excluding hydrogens is 405 g/mol. The Balaban J connectivity index is 1.77. The Labute approximate surface area is 177 Å². The number of carbonyl (C=O) groups is 2. The molecule has 0 spiro atoms. The lowest BCUT2D eigenvalue weighted by Gasteiger charge is -2.16. The normalized spacial score (nSPS) is 11.7. The molecule has 0 aromatic carbocycles. The van der Waals surface area contributed by atoms with E-state index in [4.69, 9.17) is 5.73 Å². The van der Waals surface area contributed by atoms with Crippen molar-refractivity contribution in [1.82, 2.24) is 35.6 Å². The number of H-pyrrole nitrogens is 1. The molecule has 11 nitrogen and oxygen atoms in total. The highest BCUT2D eigenvalue weighted by Gasteiger charge is 2.19. The summed E-state index contributed by atoms with van der Waals surface area (Å²) in [6.07, 6.45) is 6.43. The van der Waals surface area contributed by atoms with E-state index in [1.165, 1.54) is 12.4 Å². The molecular formula is C19H24FN9O2.